The number of rotatable bonds is 5. The summed E-state index contributed by atoms with van der Waals surface area (Å²) in [7, 11) is 0. The zero-order valence-corrected chi connectivity index (χ0v) is 13.7. The molecule has 3 aromatic rings. The van der Waals surface area contributed by atoms with Crippen LogP contribution in [0.25, 0.3) is 5.78 Å². The summed E-state index contributed by atoms with van der Waals surface area (Å²) in [6.45, 7) is 6.92. The Labute approximate surface area is 136 Å². The normalized spacial score (nSPS) is 14.1. The van der Waals surface area contributed by atoms with Gasteiger partial charge in [0.1, 0.15) is 0 Å². The number of aliphatic hydroxyl groups is 1. The van der Waals surface area contributed by atoms with Gasteiger partial charge in [0.2, 0.25) is 5.78 Å². The van der Waals surface area contributed by atoms with Gasteiger partial charge in [0.05, 0.1) is 17.5 Å². The summed E-state index contributed by atoms with van der Waals surface area (Å²) < 4.78 is 2.04. The monoisotopic (exact) mass is 310 g/mol. The van der Waals surface area contributed by atoms with Gasteiger partial charge in [-0.2, -0.15) is 0 Å². The van der Waals surface area contributed by atoms with E-state index in [1.54, 1.807) is 0 Å². The number of imidazole rings is 1. The Morgan fingerprint density at radius 1 is 1.22 bits per heavy atom. The van der Waals surface area contributed by atoms with Crippen LogP contribution in [0.5, 0.6) is 0 Å². The van der Waals surface area contributed by atoms with E-state index in [1.165, 1.54) is 0 Å². The Hall–Kier alpha value is -2.24. The van der Waals surface area contributed by atoms with E-state index in [0.717, 1.165) is 22.6 Å². The first-order valence-corrected chi connectivity index (χ1v) is 7.76. The van der Waals surface area contributed by atoms with E-state index in [2.05, 4.69) is 15.3 Å². The van der Waals surface area contributed by atoms with Gasteiger partial charge in [-0.25, -0.2) is 9.97 Å². The molecule has 0 saturated carbocycles. The fourth-order valence-electron chi connectivity index (χ4n) is 2.85. The van der Waals surface area contributed by atoms with Crippen molar-refractivity contribution in [3.63, 3.8) is 0 Å². The van der Waals surface area contributed by atoms with Crippen molar-refractivity contribution >= 4 is 5.78 Å². The molecule has 3 rings (SSSR count). The molecule has 2 N–H and O–H groups in total. The third-order valence-electron chi connectivity index (χ3n) is 4.03. The van der Waals surface area contributed by atoms with Crippen LogP contribution in [0.3, 0.4) is 0 Å². The highest BCUT2D eigenvalue weighted by molar-refractivity contribution is 5.35. The maximum absolute atomic E-state index is 10.6. The molecule has 0 amide bonds. The fraction of sp³-hybridized carbons (Fsp3) is 0.333. The number of hydrogen-bond donors (Lipinski definition) is 2. The smallest absolute Gasteiger partial charge is 0.234 e. The van der Waals surface area contributed by atoms with Gasteiger partial charge in [-0.3, -0.25) is 4.40 Å². The molecule has 0 fully saturated rings. The van der Waals surface area contributed by atoms with Crippen LogP contribution < -0.4 is 5.32 Å². The average molecular weight is 310 g/mol. The topological polar surface area (TPSA) is 62.5 Å². The van der Waals surface area contributed by atoms with Crippen molar-refractivity contribution in [1.29, 1.82) is 0 Å². The molecule has 0 spiro atoms. The summed E-state index contributed by atoms with van der Waals surface area (Å²) in [6, 6.07) is 11.7. The molecule has 0 aliphatic heterocycles. The Morgan fingerprint density at radius 3 is 2.70 bits per heavy atom. The van der Waals surface area contributed by atoms with Gasteiger partial charge < -0.3 is 10.4 Å². The van der Waals surface area contributed by atoms with Crippen molar-refractivity contribution in [2.45, 2.75) is 32.9 Å². The fourth-order valence-corrected chi connectivity index (χ4v) is 2.85. The lowest BCUT2D eigenvalue weighted by atomic mass is 9.96. The second-order valence-corrected chi connectivity index (χ2v) is 6.17. The number of nitrogens with zero attached hydrogens (tertiary/aromatic N) is 3. The zero-order chi connectivity index (χ0) is 16.4. The van der Waals surface area contributed by atoms with E-state index in [4.69, 9.17) is 0 Å². The lowest BCUT2D eigenvalue weighted by molar-refractivity contribution is 0.0566. The molecule has 23 heavy (non-hydrogen) atoms. The highest BCUT2D eigenvalue weighted by atomic mass is 16.3. The molecule has 1 unspecified atom stereocenters. The van der Waals surface area contributed by atoms with Gasteiger partial charge in [-0.1, -0.05) is 30.3 Å². The number of hydrogen-bond acceptors (Lipinski definition) is 4. The molecule has 1 atom stereocenters. The first-order chi connectivity index (χ1) is 11.0. The van der Waals surface area contributed by atoms with Crippen LogP contribution in [0.2, 0.25) is 0 Å². The Kier molecular flexibility index (Phi) is 4.15. The largest absolute Gasteiger partial charge is 0.384 e. The van der Waals surface area contributed by atoms with Gasteiger partial charge in [-0.15, -0.1) is 0 Å². The average Bonchev–Trinajstić information content (AvgIpc) is 2.91. The van der Waals surface area contributed by atoms with Crippen LogP contribution in [-0.4, -0.2) is 26.0 Å². The van der Waals surface area contributed by atoms with E-state index in [-0.39, 0.29) is 0 Å². The third kappa shape index (κ3) is 3.25. The molecular formula is C18H22N4O. The van der Waals surface area contributed by atoms with Crippen LogP contribution in [-0.2, 0) is 12.1 Å². The summed E-state index contributed by atoms with van der Waals surface area (Å²) in [4.78, 5) is 8.80. The number of benzene rings is 1. The van der Waals surface area contributed by atoms with E-state index in [9.17, 15) is 5.11 Å². The van der Waals surface area contributed by atoms with Crippen LogP contribution in [0.15, 0.2) is 42.6 Å². The van der Waals surface area contributed by atoms with Crippen LogP contribution >= 0.6 is 0 Å². The SMILES string of the molecule is Cc1cc(C)n2c(CNCC(C)(O)c3ccccc3)cnc2n1. The molecule has 0 saturated heterocycles. The zero-order valence-electron chi connectivity index (χ0n) is 13.7. The molecule has 0 radical (unpaired) electrons. The summed E-state index contributed by atoms with van der Waals surface area (Å²) in [5.74, 6) is 0.717. The molecule has 0 aliphatic rings. The van der Waals surface area contributed by atoms with Crippen LogP contribution in [0, 0.1) is 13.8 Å². The minimum Gasteiger partial charge on any atom is -0.384 e. The van der Waals surface area contributed by atoms with Crippen molar-refractivity contribution in [2.75, 3.05) is 6.54 Å². The van der Waals surface area contributed by atoms with Crippen molar-refractivity contribution in [3.05, 3.63) is 65.2 Å². The maximum Gasteiger partial charge on any atom is 0.234 e. The summed E-state index contributed by atoms with van der Waals surface area (Å²) >= 11 is 0. The van der Waals surface area contributed by atoms with Crippen molar-refractivity contribution in [2.24, 2.45) is 0 Å². The summed E-state index contributed by atoms with van der Waals surface area (Å²) in [5.41, 5.74) is 3.10. The highest BCUT2D eigenvalue weighted by Crippen LogP contribution is 2.19. The maximum atomic E-state index is 10.6. The molecule has 5 heteroatoms. The lowest BCUT2D eigenvalue weighted by Gasteiger charge is -2.24. The standard InChI is InChI=1S/C18H22N4O/c1-13-9-14(2)22-16(11-20-17(22)21-13)10-19-12-18(3,23)15-7-5-4-6-8-15/h4-9,11,19,23H,10,12H2,1-3H3. The third-order valence-corrected chi connectivity index (χ3v) is 4.03. The van der Waals surface area contributed by atoms with E-state index < -0.39 is 5.60 Å². The second-order valence-electron chi connectivity index (χ2n) is 6.17. The minimum atomic E-state index is -0.911. The predicted molar refractivity (Wildman–Crippen MR) is 90.2 cm³/mol. The Balaban J connectivity index is 1.72. The highest BCUT2D eigenvalue weighted by Gasteiger charge is 2.22. The molecule has 120 valence electrons. The van der Waals surface area contributed by atoms with Crippen LogP contribution in [0.4, 0.5) is 0 Å². The molecule has 2 aromatic heterocycles. The summed E-state index contributed by atoms with van der Waals surface area (Å²) in [6.07, 6.45) is 1.83. The lowest BCUT2D eigenvalue weighted by Crippen LogP contribution is -2.35. The first-order valence-electron chi connectivity index (χ1n) is 7.76. The van der Waals surface area contributed by atoms with E-state index in [0.29, 0.717) is 18.9 Å². The molecule has 0 bridgehead atoms. The Bertz CT molecular complexity index is 809. The van der Waals surface area contributed by atoms with E-state index in [1.807, 2.05) is 67.8 Å². The number of aryl methyl sites for hydroxylation is 2. The van der Waals surface area contributed by atoms with Gasteiger partial charge in [0.15, 0.2) is 0 Å². The second kappa shape index (κ2) is 6.10. The van der Waals surface area contributed by atoms with Gasteiger partial charge in [-0.05, 0) is 32.4 Å². The molecule has 2 heterocycles. The Morgan fingerprint density at radius 2 is 1.96 bits per heavy atom. The van der Waals surface area contributed by atoms with Crippen molar-refractivity contribution in [1.82, 2.24) is 19.7 Å². The minimum absolute atomic E-state index is 0.461. The molecule has 0 aliphatic carbocycles. The molecule has 5 nitrogen and oxygen atoms in total. The van der Waals surface area contributed by atoms with Crippen molar-refractivity contribution in [3.8, 4) is 0 Å². The van der Waals surface area contributed by atoms with Gasteiger partial charge >= 0.3 is 0 Å². The van der Waals surface area contributed by atoms with Gasteiger partial charge in [0, 0.05) is 24.5 Å². The number of nitrogens with one attached hydrogen (secondary N) is 1. The summed E-state index contributed by atoms with van der Waals surface area (Å²) in [5, 5.41) is 13.9. The quantitative estimate of drug-likeness (QED) is 0.759. The molecular weight excluding hydrogens is 288 g/mol. The van der Waals surface area contributed by atoms with Crippen molar-refractivity contribution < 1.29 is 5.11 Å². The van der Waals surface area contributed by atoms with Crippen LogP contribution in [0.1, 0.15) is 29.6 Å². The number of fused-ring (bicyclic) bond motifs is 1. The van der Waals surface area contributed by atoms with E-state index >= 15 is 0 Å². The van der Waals surface area contributed by atoms with Gasteiger partial charge in [0.25, 0.3) is 0 Å². The predicted octanol–water partition coefficient (Wildman–Crippen LogP) is 2.34. The first kappa shape index (κ1) is 15.6. The molecule has 1 aromatic carbocycles. The number of aromatic nitrogens is 3.